The minimum atomic E-state index is -0.816. The van der Waals surface area contributed by atoms with Crippen molar-refractivity contribution >= 4 is 17.7 Å². The molecule has 0 aliphatic heterocycles. The predicted octanol–water partition coefficient (Wildman–Crippen LogP) is 2.72. The topological polar surface area (TPSA) is 69.6 Å². The number of rotatable bonds is 5. The van der Waals surface area contributed by atoms with Crippen LogP contribution in [0.25, 0.3) is 0 Å². The van der Waals surface area contributed by atoms with Crippen molar-refractivity contribution in [3.05, 3.63) is 29.8 Å². The lowest BCUT2D eigenvalue weighted by molar-refractivity contribution is -0.136. The standard InChI is InChI=1S/C15H20N2O3/c1-17(13-6-3-7-13)15(20)16-12-5-2-4-11(10-12)8-9-14(18)19/h2,4-5,10,13H,3,6-9H2,1H3,(H,16,20)(H,18,19). The summed E-state index contributed by atoms with van der Waals surface area (Å²) in [7, 11) is 1.81. The number of urea groups is 1. The maximum absolute atomic E-state index is 12.0. The molecule has 0 unspecified atom stereocenters. The van der Waals surface area contributed by atoms with Crippen LogP contribution >= 0.6 is 0 Å². The van der Waals surface area contributed by atoms with E-state index >= 15 is 0 Å². The monoisotopic (exact) mass is 276 g/mol. The largest absolute Gasteiger partial charge is 0.481 e. The van der Waals surface area contributed by atoms with Crippen molar-refractivity contribution in [2.24, 2.45) is 0 Å². The summed E-state index contributed by atoms with van der Waals surface area (Å²) in [5.74, 6) is -0.816. The van der Waals surface area contributed by atoms with Crippen molar-refractivity contribution in [2.45, 2.75) is 38.1 Å². The van der Waals surface area contributed by atoms with E-state index in [1.54, 1.807) is 4.90 Å². The Morgan fingerprint density at radius 2 is 2.15 bits per heavy atom. The van der Waals surface area contributed by atoms with Crippen LogP contribution in [0.4, 0.5) is 10.5 Å². The molecule has 0 heterocycles. The van der Waals surface area contributed by atoms with Crippen LogP contribution in [0.2, 0.25) is 0 Å². The third-order valence-electron chi connectivity index (χ3n) is 3.75. The van der Waals surface area contributed by atoms with Crippen LogP contribution < -0.4 is 5.32 Å². The van der Waals surface area contributed by atoms with Gasteiger partial charge in [-0.15, -0.1) is 0 Å². The van der Waals surface area contributed by atoms with Gasteiger partial charge in [0.25, 0.3) is 0 Å². The molecule has 20 heavy (non-hydrogen) atoms. The lowest BCUT2D eigenvalue weighted by Crippen LogP contribution is -2.43. The zero-order valence-corrected chi connectivity index (χ0v) is 11.6. The number of benzene rings is 1. The maximum Gasteiger partial charge on any atom is 0.321 e. The highest BCUT2D eigenvalue weighted by Crippen LogP contribution is 2.24. The first kappa shape index (κ1) is 14.4. The second-order valence-electron chi connectivity index (χ2n) is 5.22. The fourth-order valence-corrected chi connectivity index (χ4v) is 2.21. The van der Waals surface area contributed by atoms with Gasteiger partial charge < -0.3 is 15.3 Å². The van der Waals surface area contributed by atoms with Gasteiger partial charge in [0.2, 0.25) is 0 Å². The number of aliphatic carboxylic acids is 1. The Labute approximate surface area is 118 Å². The van der Waals surface area contributed by atoms with Gasteiger partial charge in [0.15, 0.2) is 0 Å². The smallest absolute Gasteiger partial charge is 0.321 e. The van der Waals surface area contributed by atoms with E-state index in [9.17, 15) is 9.59 Å². The van der Waals surface area contributed by atoms with Gasteiger partial charge in [-0.05, 0) is 43.4 Å². The minimum Gasteiger partial charge on any atom is -0.481 e. The number of hydrogen-bond donors (Lipinski definition) is 2. The van der Waals surface area contributed by atoms with Crippen molar-refractivity contribution in [1.29, 1.82) is 0 Å². The molecule has 0 bridgehead atoms. The third kappa shape index (κ3) is 3.73. The SMILES string of the molecule is CN(C(=O)Nc1cccc(CCC(=O)O)c1)C1CCC1. The number of carbonyl (C=O) groups excluding carboxylic acids is 1. The second-order valence-corrected chi connectivity index (χ2v) is 5.22. The number of carboxylic acid groups (broad SMARTS) is 1. The summed E-state index contributed by atoms with van der Waals surface area (Å²) in [4.78, 5) is 24.4. The summed E-state index contributed by atoms with van der Waals surface area (Å²) < 4.78 is 0. The zero-order chi connectivity index (χ0) is 14.5. The molecule has 0 saturated heterocycles. The molecule has 0 aromatic heterocycles. The van der Waals surface area contributed by atoms with Gasteiger partial charge in [0.05, 0.1) is 0 Å². The molecule has 1 aliphatic rings. The fourth-order valence-electron chi connectivity index (χ4n) is 2.21. The highest BCUT2D eigenvalue weighted by Gasteiger charge is 2.25. The lowest BCUT2D eigenvalue weighted by Gasteiger charge is -2.34. The van der Waals surface area contributed by atoms with E-state index in [0.29, 0.717) is 18.2 Å². The summed E-state index contributed by atoms with van der Waals surface area (Å²) in [5, 5.41) is 11.5. The first-order valence-electron chi connectivity index (χ1n) is 6.91. The number of hydrogen-bond acceptors (Lipinski definition) is 2. The lowest BCUT2D eigenvalue weighted by atomic mass is 9.92. The van der Waals surface area contributed by atoms with Gasteiger partial charge in [-0.3, -0.25) is 4.79 Å². The summed E-state index contributed by atoms with van der Waals surface area (Å²) in [6, 6.07) is 7.59. The maximum atomic E-state index is 12.0. The summed E-state index contributed by atoms with van der Waals surface area (Å²) in [6.45, 7) is 0. The number of aryl methyl sites for hydroxylation is 1. The molecule has 1 aromatic carbocycles. The Morgan fingerprint density at radius 3 is 2.75 bits per heavy atom. The van der Waals surface area contributed by atoms with Crippen molar-refractivity contribution in [3.8, 4) is 0 Å². The van der Waals surface area contributed by atoms with E-state index in [1.807, 2.05) is 31.3 Å². The van der Waals surface area contributed by atoms with Gasteiger partial charge in [-0.2, -0.15) is 0 Å². The van der Waals surface area contributed by atoms with E-state index in [0.717, 1.165) is 18.4 Å². The molecule has 0 radical (unpaired) electrons. The Hall–Kier alpha value is -2.04. The van der Waals surface area contributed by atoms with Crippen LogP contribution in [0.3, 0.4) is 0 Å². The molecule has 5 heteroatoms. The number of nitrogens with zero attached hydrogens (tertiary/aromatic N) is 1. The third-order valence-corrected chi connectivity index (χ3v) is 3.75. The quantitative estimate of drug-likeness (QED) is 0.868. The number of nitrogens with one attached hydrogen (secondary N) is 1. The van der Waals surface area contributed by atoms with Crippen molar-refractivity contribution in [3.63, 3.8) is 0 Å². The highest BCUT2D eigenvalue weighted by atomic mass is 16.4. The molecule has 2 N–H and O–H groups in total. The molecule has 1 aliphatic carbocycles. The molecule has 5 nitrogen and oxygen atoms in total. The normalized spacial score (nSPS) is 14.4. The molecular formula is C15H20N2O3. The predicted molar refractivity (Wildman–Crippen MR) is 76.8 cm³/mol. The van der Waals surface area contributed by atoms with Gasteiger partial charge in [0.1, 0.15) is 0 Å². The van der Waals surface area contributed by atoms with Crippen molar-refractivity contribution in [1.82, 2.24) is 4.90 Å². The summed E-state index contributed by atoms with van der Waals surface area (Å²) >= 11 is 0. The Balaban J connectivity index is 1.93. The molecule has 108 valence electrons. The van der Waals surface area contributed by atoms with Crippen LogP contribution in [-0.4, -0.2) is 35.1 Å². The minimum absolute atomic E-state index is 0.0966. The van der Waals surface area contributed by atoms with Gasteiger partial charge >= 0.3 is 12.0 Å². The molecule has 1 fully saturated rings. The summed E-state index contributed by atoms with van der Waals surface area (Å²) in [6.07, 6.45) is 3.90. The Kier molecular flexibility index (Phi) is 4.61. The van der Waals surface area contributed by atoms with Gasteiger partial charge in [-0.25, -0.2) is 4.79 Å². The molecule has 1 aromatic rings. The number of anilines is 1. The van der Waals surface area contributed by atoms with Crippen LogP contribution in [0.5, 0.6) is 0 Å². The van der Waals surface area contributed by atoms with Crippen LogP contribution in [-0.2, 0) is 11.2 Å². The highest BCUT2D eigenvalue weighted by molar-refractivity contribution is 5.89. The summed E-state index contributed by atoms with van der Waals surface area (Å²) in [5.41, 5.74) is 1.63. The number of carbonyl (C=O) groups is 2. The van der Waals surface area contributed by atoms with Crippen LogP contribution in [0.1, 0.15) is 31.2 Å². The molecule has 0 spiro atoms. The number of amides is 2. The van der Waals surface area contributed by atoms with Crippen LogP contribution in [0.15, 0.2) is 24.3 Å². The first-order chi connectivity index (χ1) is 9.56. The molecular weight excluding hydrogens is 256 g/mol. The van der Waals surface area contributed by atoms with E-state index < -0.39 is 5.97 Å². The van der Waals surface area contributed by atoms with Crippen molar-refractivity contribution < 1.29 is 14.7 Å². The van der Waals surface area contributed by atoms with Crippen LogP contribution in [0, 0.1) is 0 Å². The zero-order valence-electron chi connectivity index (χ0n) is 11.6. The molecule has 0 atom stereocenters. The van der Waals surface area contributed by atoms with Crippen molar-refractivity contribution in [2.75, 3.05) is 12.4 Å². The molecule has 1 saturated carbocycles. The van der Waals surface area contributed by atoms with E-state index in [-0.39, 0.29) is 12.5 Å². The van der Waals surface area contributed by atoms with E-state index in [4.69, 9.17) is 5.11 Å². The fraction of sp³-hybridized carbons (Fsp3) is 0.467. The first-order valence-corrected chi connectivity index (χ1v) is 6.91. The average molecular weight is 276 g/mol. The average Bonchev–Trinajstić information content (AvgIpc) is 2.34. The second kappa shape index (κ2) is 6.41. The van der Waals surface area contributed by atoms with E-state index in [2.05, 4.69) is 5.32 Å². The van der Waals surface area contributed by atoms with E-state index in [1.165, 1.54) is 6.42 Å². The van der Waals surface area contributed by atoms with Gasteiger partial charge in [0, 0.05) is 25.2 Å². The van der Waals surface area contributed by atoms with Gasteiger partial charge in [-0.1, -0.05) is 12.1 Å². The molecule has 2 amide bonds. The molecule has 2 rings (SSSR count). The number of carboxylic acids is 1. The Morgan fingerprint density at radius 1 is 1.40 bits per heavy atom. The Bertz CT molecular complexity index is 498.